The Balaban J connectivity index is 1.43. The first-order chi connectivity index (χ1) is 10.4. The van der Waals surface area contributed by atoms with Gasteiger partial charge >= 0.3 is 0 Å². The highest BCUT2D eigenvalue weighted by atomic mass is 15.6. The summed E-state index contributed by atoms with van der Waals surface area (Å²) in [7, 11) is 0. The van der Waals surface area contributed by atoms with Gasteiger partial charge < -0.3 is 10.6 Å². The Bertz CT molecular complexity index is 767. The number of benzene rings is 1. The molecule has 2 N–H and O–H groups in total. The van der Waals surface area contributed by atoms with E-state index in [0.29, 0.717) is 11.7 Å². The van der Waals surface area contributed by atoms with E-state index in [1.54, 1.807) is 0 Å². The van der Waals surface area contributed by atoms with Crippen LogP contribution in [0.15, 0.2) is 36.4 Å². The number of fused-ring (bicyclic) bond motifs is 2. The zero-order chi connectivity index (χ0) is 14.1. The van der Waals surface area contributed by atoms with Crippen LogP contribution in [-0.2, 0) is 6.42 Å². The van der Waals surface area contributed by atoms with Crippen LogP contribution in [0.25, 0.3) is 5.65 Å². The zero-order valence-electron chi connectivity index (χ0n) is 11.4. The standard InChI is InChI=1S/C14H15N7/c1-2-4-12-10(3-1)5-6-11(16-12)9-15-13-7-8-14-17-19-20-21(14)18-13/h1-4,7-8,11,16H,5-6,9H2,(H,15,18)/t11-/m1/s1. The first kappa shape index (κ1) is 12.1. The van der Waals surface area contributed by atoms with E-state index in [0.717, 1.165) is 25.2 Å². The summed E-state index contributed by atoms with van der Waals surface area (Å²) in [5.74, 6) is 0.774. The largest absolute Gasteiger partial charge is 0.380 e. The minimum atomic E-state index is 0.395. The molecule has 1 aliphatic rings. The molecule has 0 fully saturated rings. The molecule has 0 saturated heterocycles. The lowest BCUT2D eigenvalue weighted by Gasteiger charge is -2.27. The van der Waals surface area contributed by atoms with Crippen LogP contribution in [0.2, 0.25) is 0 Å². The van der Waals surface area contributed by atoms with E-state index in [4.69, 9.17) is 0 Å². The van der Waals surface area contributed by atoms with Gasteiger partial charge in [-0.25, -0.2) is 0 Å². The number of nitrogens with zero attached hydrogens (tertiary/aromatic N) is 5. The van der Waals surface area contributed by atoms with E-state index >= 15 is 0 Å². The second-order valence-corrected chi connectivity index (χ2v) is 5.16. The molecule has 7 heteroatoms. The Morgan fingerprint density at radius 1 is 1.24 bits per heavy atom. The number of nitrogens with one attached hydrogen (secondary N) is 2. The normalized spacial score (nSPS) is 17.2. The molecule has 1 aliphatic heterocycles. The summed E-state index contributed by atoms with van der Waals surface area (Å²) >= 11 is 0. The molecule has 4 rings (SSSR count). The maximum atomic E-state index is 4.31. The van der Waals surface area contributed by atoms with Crippen molar-refractivity contribution in [3.05, 3.63) is 42.0 Å². The van der Waals surface area contributed by atoms with Gasteiger partial charge in [0.1, 0.15) is 5.82 Å². The number of tetrazole rings is 1. The van der Waals surface area contributed by atoms with E-state index in [1.165, 1.54) is 15.9 Å². The van der Waals surface area contributed by atoms with Crippen molar-refractivity contribution < 1.29 is 0 Å². The van der Waals surface area contributed by atoms with E-state index in [-0.39, 0.29) is 0 Å². The van der Waals surface area contributed by atoms with E-state index in [9.17, 15) is 0 Å². The van der Waals surface area contributed by atoms with Gasteiger partial charge in [0.25, 0.3) is 0 Å². The Morgan fingerprint density at radius 2 is 2.19 bits per heavy atom. The molecule has 0 aliphatic carbocycles. The van der Waals surface area contributed by atoms with Gasteiger partial charge in [0, 0.05) is 18.3 Å². The van der Waals surface area contributed by atoms with Gasteiger partial charge in [0.05, 0.1) is 0 Å². The van der Waals surface area contributed by atoms with Gasteiger partial charge in [0.15, 0.2) is 5.65 Å². The number of hydrogen-bond acceptors (Lipinski definition) is 6. The molecule has 7 nitrogen and oxygen atoms in total. The number of rotatable bonds is 3. The molecule has 0 amide bonds. The van der Waals surface area contributed by atoms with Gasteiger partial charge in [-0.3, -0.25) is 0 Å². The zero-order valence-corrected chi connectivity index (χ0v) is 11.4. The summed E-state index contributed by atoms with van der Waals surface area (Å²) in [6.07, 6.45) is 2.21. The molecule has 0 radical (unpaired) electrons. The van der Waals surface area contributed by atoms with Gasteiger partial charge in [-0.2, -0.15) is 0 Å². The van der Waals surface area contributed by atoms with Crippen LogP contribution in [0, 0.1) is 0 Å². The molecular weight excluding hydrogens is 266 g/mol. The van der Waals surface area contributed by atoms with Crippen molar-refractivity contribution in [3.8, 4) is 0 Å². The molecule has 0 bridgehead atoms. The molecule has 1 atom stereocenters. The minimum Gasteiger partial charge on any atom is -0.380 e. The quantitative estimate of drug-likeness (QED) is 0.754. The highest BCUT2D eigenvalue weighted by Gasteiger charge is 2.16. The van der Waals surface area contributed by atoms with Crippen molar-refractivity contribution in [2.24, 2.45) is 0 Å². The maximum absolute atomic E-state index is 4.31. The van der Waals surface area contributed by atoms with Crippen LogP contribution in [0.1, 0.15) is 12.0 Å². The third-order valence-corrected chi connectivity index (χ3v) is 3.74. The fourth-order valence-electron chi connectivity index (χ4n) is 2.63. The summed E-state index contributed by atoms with van der Waals surface area (Å²) in [6.45, 7) is 0.814. The smallest absolute Gasteiger partial charge is 0.200 e. The summed E-state index contributed by atoms with van der Waals surface area (Å²) < 4.78 is 1.42. The molecule has 2 aromatic heterocycles. The second kappa shape index (κ2) is 5.01. The molecule has 21 heavy (non-hydrogen) atoms. The van der Waals surface area contributed by atoms with E-state index in [1.807, 2.05) is 12.1 Å². The van der Waals surface area contributed by atoms with Gasteiger partial charge in [-0.1, -0.05) is 18.2 Å². The van der Waals surface area contributed by atoms with Gasteiger partial charge in [0.2, 0.25) is 0 Å². The molecule has 106 valence electrons. The molecule has 3 aromatic rings. The molecular formula is C14H15N7. The Morgan fingerprint density at radius 3 is 3.19 bits per heavy atom. The number of para-hydroxylation sites is 1. The van der Waals surface area contributed by atoms with Gasteiger partial charge in [-0.15, -0.1) is 14.8 Å². The van der Waals surface area contributed by atoms with Crippen LogP contribution in [-0.4, -0.2) is 37.8 Å². The van der Waals surface area contributed by atoms with Crippen molar-refractivity contribution >= 4 is 17.2 Å². The Labute approximate surface area is 121 Å². The van der Waals surface area contributed by atoms with Crippen molar-refractivity contribution in [2.75, 3.05) is 17.2 Å². The molecule has 1 aromatic carbocycles. The first-order valence-corrected chi connectivity index (χ1v) is 7.02. The predicted octanol–water partition coefficient (Wildman–Crippen LogP) is 1.36. The maximum Gasteiger partial charge on any atom is 0.200 e. The summed E-state index contributed by atoms with van der Waals surface area (Å²) in [6, 6.07) is 12.6. The second-order valence-electron chi connectivity index (χ2n) is 5.16. The van der Waals surface area contributed by atoms with E-state index in [2.05, 4.69) is 55.5 Å². The minimum absolute atomic E-state index is 0.395. The third-order valence-electron chi connectivity index (χ3n) is 3.74. The van der Waals surface area contributed by atoms with Crippen LogP contribution >= 0.6 is 0 Å². The van der Waals surface area contributed by atoms with Crippen LogP contribution in [0.3, 0.4) is 0 Å². The Kier molecular flexibility index (Phi) is 2.88. The van der Waals surface area contributed by atoms with Crippen LogP contribution in [0.5, 0.6) is 0 Å². The van der Waals surface area contributed by atoms with Crippen LogP contribution < -0.4 is 10.6 Å². The average Bonchev–Trinajstić information content (AvgIpc) is 3.00. The fourth-order valence-corrected chi connectivity index (χ4v) is 2.63. The lowest BCUT2D eigenvalue weighted by Crippen LogP contribution is -2.32. The molecule has 0 spiro atoms. The lowest BCUT2D eigenvalue weighted by atomic mass is 9.98. The third kappa shape index (κ3) is 2.37. The summed E-state index contributed by atoms with van der Waals surface area (Å²) in [5.41, 5.74) is 3.27. The average molecular weight is 281 g/mol. The SMILES string of the molecule is c1ccc2c(c1)CC[C@H](CNc1ccc3nnnn3n1)N2. The molecule has 0 unspecified atom stereocenters. The first-order valence-electron chi connectivity index (χ1n) is 7.02. The van der Waals surface area contributed by atoms with Crippen molar-refractivity contribution in [1.82, 2.24) is 25.3 Å². The van der Waals surface area contributed by atoms with Crippen molar-refractivity contribution in [1.29, 1.82) is 0 Å². The fraction of sp³-hybridized carbons (Fsp3) is 0.286. The highest BCUT2D eigenvalue weighted by molar-refractivity contribution is 5.54. The summed E-state index contributed by atoms with van der Waals surface area (Å²) in [5, 5.41) is 22.4. The Hall–Kier alpha value is -2.70. The lowest BCUT2D eigenvalue weighted by molar-refractivity contribution is 0.650. The monoisotopic (exact) mass is 281 g/mol. The van der Waals surface area contributed by atoms with Crippen LogP contribution in [0.4, 0.5) is 11.5 Å². The number of aromatic nitrogens is 5. The van der Waals surface area contributed by atoms with E-state index < -0.39 is 0 Å². The van der Waals surface area contributed by atoms with Crippen molar-refractivity contribution in [3.63, 3.8) is 0 Å². The predicted molar refractivity (Wildman–Crippen MR) is 79.2 cm³/mol. The van der Waals surface area contributed by atoms with Crippen molar-refractivity contribution in [2.45, 2.75) is 18.9 Å². The number of aryl methyl sites for hydroxylation is 1. The molecule has 0 saturated carbocycles. The van der Waals surface area contributed by atoms with Gasteiger partial charge in [-0.05, 0) is 47.0 Å². The molecule has 3 heterocycles. The summed E-state index contributed by atoms with van der Waals surface area (Å²) in [4.78, 5) is 0. The number of anilines is 2. The topological polar surface area (TPSA) is 80.0 Å². The number of hydrogen-bond donors (Lipinski definition) is 2. The highest BCUT2D eigenvalue weighted by Crippen LogP contribution is 2.24.